The number of nitrogens with two attached hydrogens (primary N) is 1. The summed E-state index contributed by atoms with van der Waals surface area (Å²) in [6.45, 7) is 7.08. The second-order valence-electron chi connectivity index (χ2n) is 5.60. The minimum atomic E-state index is 0.126. The molecule has 0 spiro atoms. The Morgan fingerprint density at radius 2 is 2.10 bits per heavy atom. The third-order valence-corrected chi connectivity index (χ3v) is 4.22. The molecule has 1 aliphatic heterocycles. The van der Waals surface area contributed by atoms with Gasteiger partial charge in [0.25, 0.3) is 0 Å². The van der Waals surface area contributed by atoms with E-state index >= 15 is 0 Å². The molecule has 1 aromatic rings. The lowest BCUT2D eigenvalue weighted by Crippen LogP contribution is -2.43. The molecule has 0 amide bonds. The molecule has 20 heavy (non-hydrogen) atoms. The predicted molar refractivity (Wildman–Crippen MR) is 84.1 cm³/mol. The van der Waals surface area contributed by atoms with Gasteiger partial charge in [0.2, 0.25) is 0 Å². The molecule has 3 atom stereocenters. The molecule has 3 unspecified atom stereocenters. The summed E-state index contributed by atoms with van der Waals surface area (Å²) in [6, 6.07) is 8.45. The quantitative estimate of drug-likeness (QED) is 0.927. The molecule has 0 bridgehead atoms. The van der Waals surface area contributed by atoms with Crippen LogP contribution >= 0.6 is 11.6 Å². The van der Waals surface area contributed by atoms with E-state index in [0.29, 0.717) is 0 Å². The minimum Gasteiger partial charge on any atom is -0.377 e. The maximum absolute atomic E-state index is 6.40. The maximum atomic E-state index is 6.40. The van der Waals surface area contributed by atoms with Crippen molar-refractivity contribution in [1.82, 2.24) is 4.90 Å². The highest BCUT2D eigenvalue weighted by molar-refractivity contribution is 6.30. The van der Waals surface area contributed by atoms with Gasteiger partial charge in [-0.3, -0.25) is 4.90 Å². The normalized spacial score (nSPS) is 24.1. The molecular weight excluding hydrogens is 272 g/mol. The van der Waals surface area contributed by atoms with Gasteiger partial charge in [0.15, 0.2) is 0 Å². The molecule has 3 nitrogen and oxygen atoms in total. The van der Waals surface area contributed by atoms with E-state index in [2.05, 4.69) is 30.9 Å². The van der Waals surface area contributed by atoms with Crippen LogP contribution in [0.3, 0.4) is 0 Å². The fraction of sp³-hybridized carbons (Fsp3) is 0.625. The molecule has 0 radical (unpaired) electrons. The topological polar surface area (TPSA) is 38.5 Å². The van der Waals surface area contributed by atoms with E-state index in [1.165, 1.54) is 5.56 Å². The van der Waals surface area contributed by atoms with Crippen molar-refractivity contribution in [2.45, 2.75) is 44.9 Å². The van der Waals surface area contributed by atoms with Crippen molar-refractivity contribution in [3.63, 3.8) is 0 Å². The van der Waals surface area contributed by atoms with Gasteiger partial charge in [-0.1, -0.05) is 30.7 Å². The predicted octanol–water partition coefficient (Wildman–Crippen LogP) is 3.23. The molecule has 1 aliphatic rings. The molecule has 0 aromatic heterocycles. The van der Waals surface area contributed by atoms with Gasteiger partial charge in [0.05, 0.1) is 6.10 Å². The zero-order chi connectivity index (χ0) is 14.5. The summed E-state index contributed by atoms with van der Waals surface area (Å²) in [5.41, 5.74) is 7.65. The molecule has 0 saturated carbocycles. The highest BCUT2D eigenvalue weighted by Gasteiger charge is 2.28. The summed E-state index contributed by atoms with van der Waals surface area (Å²) >= 11 is 6.00. The summed E-state index contributed by atoms with van der Waals surface area (Å²) in [7, 11) is 0. The van der Waals surface area contributed by atoms with Crippen LogP contribution in [0, 0.1) is 0 Å². The second-order valence-corrected chi connectivity index (χ2v) is 6.03. The number of benzene rings is 1. The maximum Gasteiger partial charge on any atom is 0.0674 e. The Morgan fingerprint density at radius 1 is 1.40 bits per heavy atom. The van der Waals surface area contributed by atoms with Crippen LogP contribution in [-0.4, -0.2) is 36.7 Å². The van der Waals surface area contributed by atoms with Crippen molar-refractivity contribution in [2.75, 3.05) is 19.7 Å². The summed E-state index contributed by atoms with van der Waals surface area (Å²) in [6.07, 6.45) is 2.28. The van der Waals surface area contributed by atoms with Crippen molar-refractivity contribution in [1.29, 1.82) is 0 Å². The van der Waals surface area contributed by atoms with Gasteiger partial charge in [0.1, 0.15) is 0 Å². The van der Waals surface area contributed by atoms with Crippen molar-refractivity contribution in [2.24, 2.45) is 5.73 Å². The van der Waals surface area contributed by atoms with Gasteiger partial charge in [-0.25, -0.2) is 0 Å². The first-order chi connectivity index (χ1) is 9.61. The van der Waals surface area contributed by atoms with Gasteiger partial charge in [-0.15, -0.1) is 0 Å². The van der Waals surface area contributed by atoms with E-state index in [1.54, 1.807) is 0 Å². The highest BCUT2D eigenvalue weighted by Crippen LogP contribution is 2.28. The smallest absolute Gasteiger partial charge is 0.0674 e. The zero-order valence-corrected chi connectivity index (χ0v) is 13.1. The van der Waals surface area contributed by atoms with Crippen molar-refractivity contribution in [3.05, 3.63) is 34.9 Å². The van der Waals surface area contributed by atoms with Crippen molar-refractivity contribution >= 4 is 11.6 Å². The van der Waals surface area contributed by atoms with E-state index < -0.39 is 0 Å². The van der Waals surface area contributed by atoms with E-state index in [0.717, 1.165) is 37.6 Å². The Morgan fingerprint density at radius 3 is 2.75 bits per heavy atom. The Kier molecular flexibility index (Phi) is 5.85. The van der Waals surface area contributed by atoms with Crippen LogP contribution in [0.15, 0.2) is 24.3 Å². The Labute approximate surface area is 127 Å². The number of ether oxygens (including phenoxy) is 1. The third-order valence-electron chi connectivity index (χ3n) is 3.97. The standard InChI is InChI=1S/C16H25ClN2O/c1-3-15(18)16(13-5-7-14(17)8-6-13)19-9-4-10-20-12(2)11-19/h5-8,12,15-16H,3-4,9-11,18H2,1-2H3. The Balaban J connectivity index is 2.24. The summed E-state index contributed by atoms with van der Waals surface area (Å²) in [4.78, 5) is 2.47. The molecule has 1 saturated heterocycles. The van der Waals surface area contributed by atoms with Crippen LogP contribution in [0.4, 0.5) is 0 Å². The van der Waals surface area contributed by atoms with Crippen LogP contribution in [0.1, 0.15) is 38.3 Å². The van der Waals surface area contributed by atoms with Crippen LogP contribution in [0.5, 0.6) is 0 Å². The number of hydrogen-bond acceptors (Lipinski definition) is 3. The van der Waals surface area contributed by atoms with E-state index in [1.807, 2.05) is 12.1 Å². The van der Waals surface area contributed by atoms with Crippen LogP contribution in [-0.2, 0) is 4.74 Å². The second kappa shape index (κ2) is 7.41. The number of nitrogens with zero attached hydrogens (tertiary/aromatic N) is 1. The van der Waals surface area contributed by atoms with Gasteiger partial charge in [-0.2, -0.15) is 0 Å². The van der Waals surface area contributed by atoms with Crippen molar-refractivity contribution in [3.8, 4) is 0 Å². The van der Waals surface area contributed by atoms with Crippen LogP contribution in [0.25, 0.3) is 0 Å². The Hall–Kier alpha value is -0.610. The fourth-order valence-electron chi connectivity index (χ4n) is 2.89. The molecule has 112 valence electrons. The van der Waals surface area contributed by atoms with Crippen molar-refractivity contribution < 1.29 is 4.74 Å². The molecule has 2 rings (SSSR count). The summed E-state index contributed by atoms with van der Waals surface area (Å²) < 4.78 is 5.75. The molecule has 0 aliphatic carbocycles. The van der Waals surface area contributed by atoms with Gasteiger partial charge in [-0.05, 0) is 37.5 Å². The van der Waals surface area contributed by atoms with E-state index in [-0.39, 0.29) is 18.2 Å². The summed E-state index contributed by atoms with van der Waals surface area (Å²) in [5, 5.41) is 0.769. The largest absolute Gasteiger partial charge is 0.377 e. The molecule has 1 aromatic carbocycles. The Bertz CT molecular complexity index is 409. The zero-order valence-electron chi connectivity index (χ0n) is 12.4. The SMILES string of the molecule is CCC(N)C(c1ccc(Cl)cc1)N1CCCOC(C)C1. The van der Waals surface area contributed by atoms with Crippen LogP contribution in [0.2, 0.25) is 5.02 Å². The van der Waals surface area contributed by atoms with Gasteiger partial charge in [0, 0.05) is 36.8 Å². The lowest BCUT2D eigenvalue weighted by Gasteiger charge is -2.35. The average molecular weight is 297 g/mol. The number of hydrogen-bond donors (Lipinski definition) is 1. The van der Waals surface area contributed by atoms with Gasteiger partial charge >= 0.3 is 0 Å². The highest BCUT2D eigenvalue weighted by atomic mass is 35.5. The number of halogens is 1. The molecule has 1 heterocycles. The molecule has 4 heteroatoms. The molecular formula is C16H25ClN2O. The third kappa shape index (κ3) is 3.95. The minimum absolute atomic E-state index is 0.126. The number of rotatable bonds is 4. The lowest BCUT2D eigenvalue weighted by molar-refractivity contribution is 0.0575. The average Bonchev–Trinajstić information content (AvgIpc) is 2.65. The fourth-order valence-corrected chi connectivity index (χ4v) is 3.02. The first kappa shape index (κ1) is 15.8. The first-order valence-electron chi connectivity index (χ1n) is 7.48. The van der Waals surface area contributed by atoms with E-state index in [4.69, 9.17) is 22.1 Å². The monoisotopic (exact) mass is 296 g/mol. The molecule has 1 fully saturated rings. The lowest BCUT2D eigenvalue weighted by atomic mass is 9.96. The van der Waals surface area contributed by atoms with E-state index in [9.17, 15) is 0 Å². The summed E-state index contributed by atoms with van der Waals surface area (Å²) in [5.74, 6) is 0. The van der Waals surface area contributed by atoms with Gasteiger partial charge < -0.3 is 10.5 Å². The first-order valence-corrected chi connectivity index (χ1v) is 7.86. The molecule has 2 N–H and O–H groups in total. The van der Waals surface area contributed by atoms with Crippen LogP contribution < -0.4 is 5.73 Å².